The van der Waals surface area contributed by atoms with Gasteiger partial charge in [0.15, 0.2) is 5.75 Å². The molecule has 3 N–H and O–H groups in total. The Morgan fingerprint density at radius 1 is 0.690 bits per heavy atom. The van der Waals surface area contributed by atoms with Crippen molar-refractivity contribution < 1.29 is 24.2 Å². The fourth-order valence-electron chi connectivity index (χ4n) is 4.58. The first kappa shape index (κ1) is 30.2. The normalized spacial score (nSPS) is 11.5. The Hall–Kier alpha value is -4.78. The van der Waals surface area contributed by atoms with E-state index in [1.165, 1.54) is 7.11 Å². The van der Waals surface area contributed by atoms with Crippen molar-refractivity contribution in [3.63, 3.8) is 0 Å². The first-order valence-corrected chi connectivity index (χ1v) is 13.8. The molecule has 0 atom stereocenters. The molecule has 4 aromatic carbocycles. The third-order valence-corrected chi connectivity index (χ3v) is 6.91. The van der Waals surface area contributed by atoms with Crippen LogP contribution in [-0.4, -0.2) is 24.2 Å². The fourth-order valence-corrected chi connectivity index (χ4v) is 4.58. The van der Waals surface area contributed by atoms with Crippen LogP contribution in [0.1, 0.15) is 63.0 Å². The molecule has 4 rings (SSSR count). The number of carbonyl (C=O) groups excluding carboxylic acids is 1. The zero-order chi connectivity index (χ0) is 30.7. The zero-order valence-electron chi connectivity index (χ0n) is 25.2. The number of benzene rings is 4. The molecule has 0 saturated carbocycles. The Morgan fingerprint density at radius 3 is 1.90 bits per heavy atom. The number of anilines is 2. The molecule has 0 heterocycles. The molecular formula is C35H38N2O5. The van der Waals surface area contributed by atoms with Crippen LogP contribution in [0.2, 0.25) is 0 Å². The third-order valence-electron chi connectivity index (χ3n) is 6.91. The molecule has 0 aliphatic heterocycles. The number of aromatic carboxylic acids is 1. The van der Waals surface area contributed by atoms with Gasteiger partial charge in [0.1, 0.15) is 17.1 Å². The molecule has 2 amide bonds. The van der Waals surface area contributed by atoms with E-state index in [0.717, 1.165) is 11.1 Å². The van der Waals surface area contributed by atoms with Gasteiger partial charge in [-0.05, 0) is 70.0 Å². The van der Waals surface area contributed by atoms with E-state index in [2.05, 4.69) is 52.2 Å². The van der Waals surface area contributed by atoms with Gasteiger partial charge in [0, 0.05) is 11.3 Å². The van der Waals surface area contributed by atoms with Gasteiger partial charge in [0.05, 0.1) is 12.8 Å². The molecule has 42 heavy (non-hydrogen) atoms. The lowest BCUT2D eigenvalue weighted by Gasteiger charge is -2.23. The minimum absolute atomic E-state index is 0.00122. The molecule has 0 fully saturated rings. The lowest BCUT2D eigenvalue weighted by Crippen LogP contribution is -2.20. The van der Waals surface area contributed by atoms with Crippen LogP contribution in [0.25, 0.3) is 11.1 Å². The van der Waals surface area contributed by atoms with E-state index in [-0.39, 0.29) is 22.1 Å². The molecule has 7 nitrogen and oxygen atoms in total. The van der Waals surface area contributed by atoms with Gasteiger partial charge in [0.25, 0.3) is 0 Å². The van der Waals surface area contributed by atoms with Gasteiger partial charge in [-0.3, -0.25) is 0 Å². The highest BCUT2D eigenvalue weighted by Crippen LogP contribution is 2.39. The number of ether oxygens (including phenoxy) is 2. The third kappa shape index (κ3) is 7.10. The minimum atomic E-state index is -1.09. The summed E-state index contributed by atoms with van der Waals surface area (Å²) in [5.41, 5.74) is 4.47. The van der Waals surface area contributed by atoms with Crippen LogP contribution >= 0.6 is 0 Å². The number of nitrogens with one attached hydrogen (secondary N) is 2. The van der Waals surface area contributed by atoms with Crippen LogP contribution in [0.3, 0.4) is 0 Å². The molecule has 0 radical (unpaired) electrons. The Balaban J connectivity index is 1.71. The van der Waals surface area contributed by atoms with Crippen molar-refractivity contribution in [2.75, 3.05) is 17.7 Å². The number of amides is 2. The van der Waals surface area contributed by atoms with Crippen molar-refractivity contribution in [1.82, 2.24) is 0 Å². The predicted molar refractivity (Wildman–Crippen MR) is 168 cm³/mol. The molecule has 0 spiro atoms. The lowest BCUT2D eigenvalue weighted by atomic mass is 9.86. The van der Waals surface area contributed by atoms with Crippen LogP contribution in [-0.2, 0) is 10.8 Å². The average Bonchev–Trinajstić information content (AvgIpc) is 2.93. The van der Waals surface area contributed by atoms with Gasteiger partial charge in [-0.15, -0.1) is 0 Å². The van der Waals surface area contributed by atoms with Crippen molar-refractivity contribution in [2.24, 2.45) is 0 Å². The maximum atomic E-state index is 13.2. The van der Waals surface area contributed by atoms with Gasteiger partial charge in [-0.1, -0.05) is 84.0 Å². The standard InChI is InChI=1S/C35H38N2O5/c1-34(2,3)24-14-16-25(17-15-24)36-33(40)37-28-21-23(22-12-18-29(41-7)26(20-22)32(38)39)13-19-31(28)42-30-11-9-8-10-27(30)35(4,5)6/h8-21H,1-7H3,(H,38,39)(H2,36,37,40). The number of urea groups is 1. The van der Waals surface area contributed by atoms with Gasteiger partial charge >= 0.3 is 12.0 Å². The van der Waals surface area contributed by atoms with E-state index >= 15 is 0 Å². The van der Waals surface area contributed by atoms with Gasteiger partial charge < -0.3 is 25.2 Å². The highest BCUT2D eigenvalue weighted by atomic mass is 16.5. The van der Waals surface area contributed by atoms with Gasteiger partial charge in [-0.2, -0.15) is 0 Å². The summed E-state index contributed by atoms with van der Waals surface area (Å²) in [5, 5.41) is 15.5. The van der Waals surface area contributed by atoms with E-state index in [4.69, 9.17) is 9.47 Å². The summed E-state index contributed by atoms with van der Waals surface area (Å²) in [6.07, 6.45) is 0. The van der Waals surface area contributed by atoms with E-state index in [1.807, 2.05) is 54.6 Å². The summed E-state index contributed by atoms with van der Waals surface area (Å²) in [5.74, 6) is 0.292. The molecule has 4 aromatic rings. The summed E-state index contributed by atoms with van der Waals surface area (Å²) < 4.78 is 11.6. The van der Waals surface area contributed by atoms with E-state index in [0.29, 0.717) is 34.0 Å². The summed E-state index contributed by atoms with van der Waals surface area (Å²) >= 11 is 0. The minimum Gasteiger partial charge on any atom is -0.496 e. The smallest absolute Gasteiger partial charge is 0.339 e. The van der Waals surface area contributed by atoms with Gasteiger partial charge in [0.2, 0.25) is 0 Å². The van der Waals surface area contributed by atoms with E-state index in [9.17, 15) is 14.7 Å². The highest BCUT2D eigenvalue weighted by Gasteiger charge is 2.21. The number of carbonyl (C=O) groups is 2. The van der Waals surface area contributed by atoms with Crippen molar-refractivity contribution in [1.29, 1.82) is 0 Å². The second-order valence-corrected chi connectivity index (χ2v) is 12.2. The number of hydrogen-bond donors (Lipinski definition) is 3. The number of carboxylic acid groups (broad SMARTS) is 1. The number of rotatable bonds is 7. The van der Waals surface area contributed by atoms with Crippen molar-refractivity contribution in [3.8, 4) is 28.4 Å². The first-order valence-electron chi connectivity index (χ1n) is 13.8. The van der Waals surface area contributed by atoms with Crippen LogP contribution < -0.4 is 20.1 Å². The molecule has 0 aliphatic rings. The fraction of sp³-hybridized carbons (Fsp3) is 0.257. The maximum absolute atomic E-state index is 13.2. The van der Waals surface area contributed by atoms with E-state index < -0.39 is 12.0 Å². The highest BCUT2D eigenvalue weighted by molar-refractivity contribution is 6.01. The second-order valence-electron chi connectivity index (χ2n) is 12.2. The van der Waals surface area contributed by atoms with Crippen LogP contribution in [0.5, 0.6) is 17.2 Å². The molecule has 0 saturated heterocycles. The molecule has 0 unspecified atom stereocenters. The summed E-state index contributed by atoms with van der Waals surface area (Å²) in [7, 11) is 1.43. The van der Waals surface area contributed by atoms with Crippen molar-refractivity contribution in [2.45, 2.75) is 52.4 Å². The monoisotopic (exact) mass is 566 g/mol. The SMILES string of the molecule is COc1ccc(-c2ccc(Oc3ccccc3C(C)(C)C)c(NC(=O)Nc3ccc(C(C)(C)C)cc3)c2)cc1C(=O)O. The molecular weight excluding hydrogens is 528 g/mol. The van der Waals surface area contributed by atoms with Crippen LogP contribution in [0.4, 0.5) is 16.2 Å². The molecule has 7 heteroatoms. The average molecular weight is 567 g/mol. The van der Waals surface area contributed by atoms with Crippen molar-refractivity contribution >= 4 is 23.4 Å². The van der Waals surface area contributed by atoms with Crippen molar-refractivity contribution in [3.05, 3.63) is 102 Å². The maximum Gasteiger partial charge on any atom is 0.339 e. The number of methoxy groups -OCH3 is 1. The quantitative estimate of drug-likeness (QED) is 0.207. The number of para-hydroxylation sites is 1. The number of hydrogen-bond acceptors (Lipinski definition) is 4. The van der Waals surface area contributed by atoms with Crippen LogP contribution in [0.15, 0.2) is 84.9 Å². The summed E-state index contributed by atoms with van der Waals surface area (Å²) in [6.45, 7) is 12.7. The first-order chi connectivity index (χ1) is 19.8. The number of carboxylic acids is 1. The van der Waals surface area contributed by atoms with Crippen LogP contribution in [0, 0.1) is 0 Å². The predicted octanol–water partition coefficient (Wildman–Crippen LogP) is 9.09. The second kappa shape index (κ2) is 12.0. The van der Waals surface area contributed by atoms with E-state index in [1.54, 1.807) is 30.3 Å². The Bertz CT molecular complexity index is 1600. The molecule has 0 bridgehead atoms. The largest absolute Gasteiger partial charge is 0.496 e. The Labute approximate surface area is 247 Å². The summed E-state index contributed by atoms with van der Waals surface area (Å²) in [6, 6.07) is 25.4. The molecule has 0 aromatic heterocycles. The Kier molecular flexibility index (Phi) is 8.62. The van der Waals surface area contributed by atoms with Gasteiger partial charge in [-0.25, -0.2) is 9.59 Å². The Morgan fingerprint density at radius 2 is 1.31 bits per heavy atom. The molecule has 0 aliphatic carbocycles. The zero-order valence-corrected chi connectivity index (χ0v) is 25.2. The summed E-state index contributed by atoms with van der Waals surface area (Å²) in [4.78, 5) is 25.0. The lowest BCUT2D eigenvalue weighted by molar-refractivity contribution is 0.0693. The molecule has 218 valence electrons. The topological polar surface area (TPSA) is 96.9 Å².